The molecule has 0 aromatic heterocycles. The molecule has 0 saturated carbocycles. The summed E-state index contributed by atoms with van der Waals surface area (Å²) in [6.45, 7) is 4.12. The van der Waals surface area contributed by atoms with Crippen LogP contribution in [-0.4, -0.2) is 34.6 Å². The van der Waals surface area contributed by atoms with Crippen LogP contribution in [0.5, 0.6) is 0 Å². The molecule has 0 atom stereocenters. The zero-order valence-corrected chi connectivity index (χ0v) is 16.1. The van der Waals surface area contributed by atoms with Gasteiger partial charge >= 0.3 is 5.97 Å². The third-order valence-corrected chi connectivity index (χ3v) is 4.77. The summed E-state index contributed by atoms with van der Waals surface area (Å²) in [6, 6.07) is 10.8. The molecule has 0 unspecified atom stereocenters. The summed E-state index contributed by atoms with van der Waals surface area (Å²) in [5.41, 5.74) is 0.464. The number of aromatic carboxylic acids is 1. The topological polar surface area (TPSA) is 95.9 Å². The Labute approximate surface area is 166 Å². The van der Waals surface area contributed by atoms with Crippen LogP contribution in [-0.2, 0) is 16.2 Å². The van der Waals surface area contributed by atoms with Crippen molar-refractivity contribution in [1.29, 1.82) is 0 Å². The van der Waals surface area contributed by atoms with Crippen molar-refractivity contribution in [3.8, 4) is 0 Å². The molecule has 1 heterocycles. The quantitative estimate of drug-likeness (QED) is 0.796. The van der Waals surface area contributed by atoms with E-state index in [1.165, 1.54) is 17.2 Å². The number of hydrogen-bond donors (Lipinski definition) is 2. The minimum absolute atomic E-state index is 0.0495. The molecule has 2 N–H and O–H groups in total. The molecule has 3 rings (SSSR count). The average Bonchev–Trinajstić information content (AvgIpc) is 2.90. The molecule has 1 aliphatic rings. The lowest BCUT2D eigenvalue weighted by Gasteiger charge is -2.17. The van der Waals surface area contributed by atoms with Crippen LogP contribution in [0.2, 0.25) is 5.02 Å². The molecule has 0 radical (unpaired) electrons. The predicted octanol–water partition coefficient (Wildman–Crippen LogP) is 3.59. The Morgan fingerprint density at radius 1 is 1.21 bits per heavy atom. The first-order valence-corrected chi connectivity index (χ1v) is 8.94. The molecule has 0 spiro atoms. The third-order valence-electron chi connectivity index (χ3n) is 4.41. The van der Waals surface area contributed by atoms with Crippen LogP contribution in [0.15, 0.2) is 42.5 Å². The van der Waals surface area contributed by atoms with Gasteiger partial charge in [0.1, 0.15) is 0 Å². The standard InChI is InChI=1S/C20H19ClN2O5/c1-20(2)11-28-23(19(20)27)10-12-7-8-13(9-16(12)21)22-17(24)14-5-3-4-6-15(14)18(25)26/h3-9H,10-11H2,1-2H3,(H,22,24)(H,25,26). The first-order chi connectivity index (χ1) is 13.2. The molecule has 146 valence electrons. The number of hydrogen-bond acceptors (Lipinski definition) is 4. The van der Waals surface area contributed by atoms with Gasteiger partial charge in [-0.25, -0.2) is 9.86 Å². The van der Waals surface area contributed by atoms with Crippen LogP contribution in [0, 0.1) is 5.41 Å². The van der Waals surface area contributed by atoms with Crippen LogP contribution < -0.4 is 5.32 Å². The van der Waals surface area contributed by atoms with Crippen LogP contribution >= 0.6 is 11.6 Å². The number of carbonyl (C=O) groups excluding carboxylic acids is 2. The molecule has 0 bridgehead atoms. The van der Waals surface area contributed by atoms with Crippen molar-refractivity contribution in [2.24, 2.45) is 5.41 Å². The Balaban J connectivity index is 1.74. The first-order valence-electron chi connectivity index (χ1n) is 8.56. The van der Waals surface area contributed by atoms with Gasteiger partial charge in [0.15, 0.2) is 0 Å². The lowest BCUT2D eigenvalue weighted by molar-refractivity contribution is -0.165. The number of carboxylic acids is 1. The molecule has 7 nitrogen and oxygen atoms in total. The lowest BCUT2D eigenvalue weighted by Crippen LogP contribution is -2.30. The van der Waals surface area contributed by atoms with Gasteiger partial charge in [0.2, 0.25) is 0 Å². The average molecular weight is 403 g/mol. The normalized spacial score (nSPS) is 15.5. The van der Waals surface area contributed by atoms with Crippen LogP contribution in [0.3, 0.4) is 0 Å². The number of amides is 2. The number of anilines is 1. The van der Waals surface area contributed by atoms with E-state index in [0.717, 1.165) is 0 Å². The van der Waals surface area contributed by atoms with Gasteiger partial charge in [0, 0.05) is 10.7 Å². The number of nitrogens with zero attached hydrogens (tertiary/aromatic N) is 1. The molecule has 1 saturated heterocycles. The molecule has 2 aromatic carbocycles. The smallest absolute Gasteiger partial charge is 0.336 e. The van der Waals surface area contributed by atoms with Crippen LogP contribution in [0.25, 0.3) is 0 Å². The highest BCUT2D eigenvalue weighted by Crippen LogP contribution is 2.30. The highest BCUT2D eigenvalue weighted by atomic mass is 35.5. The Hall–Kier alpha value is -2.90. The Morgan fingerprint density at radius 3 is 2.46 bits per heavy atom. The molecule has 8 heteroatoms. The first kappa shape index (κ1) is 19.9. The van der Waals surface area contributed by atoms with Gasteiger partial charge in [-0.15, -0.1) is 0 Å². The molecular formula is C20H19ClN2O5. The zero-order valence-electron chi connectivity index (χ0n) is 15.4. The van der Waals surface area contributed by atoms with E-state index in [4.69, 9.17) is 16.4 Å². The van der Waals surface area contributed by atoms with Gasteiger partial charge in [-0.3, -0.25) is 14.4 Å². The summed E-state index contributed by atoms with van der Waals surface area (Å²) in [7, 11) is 0. The predicted molar refractivity (Wildman–Crippen MR) is 103 cm³/mol. The summed E-state index contributed by atoms with van der Waals surface area (Å²) < 4.78 is 0. The van der Waals surface area contributed by atoms with Gasteiger partial charge in [-0.05, 0) is 43.7 Å². The van der Waals surface area contributed by atoms with E-state index in [1.807, 2.05) is 13.8 Å². The lowest BCUT2D eigenvalue weighted by atomic mass is 9.95. The molecule has 1 fully saturated rings. The second-order valence-electron chi connectivity index (χ2n) is 7.11. The molecule has 1 aliphatic heterocycles. The summed E-state index contributed by atoms with van der Waals surface area (Å²) in [6.07, 6.45) is 0. The number of hydroxylamine groups is 2. The van der Waals surface area contributed by atoms with Gasteiger partial charge in [-0.1, -0.05) is 29.8 Å². The molecule has 2 amide bonds. The molecule has 0 aliphatic carbocycles. The number of halogens is 1. The Kier molecular flexibility index (Phi) is 5.40. The van der Waals surface area contributed by atoms with Crippen LogP contribution in [0.4, 0.5) is 5.69 Å². The number of carboxylic acid groups (broad SMARTS) is 1. The molecule has 28 heavy (non-hydrogen) atoms. The number of nitrogens with one attached hydrogen (secondary N) is 1. The minimum Gasteiger partial charge on any atom is -0.478 e. The van der Waals surface area contributed by atoms with Gasteiger partial charge < -0.3 is 10.4 Å². The van der Waals surface area contributed by atoms with E-state index in [0.29, 0.717) is 22.9 Å². The second kappa shape index (κ2) is 7.61. The molecular weight excluding hydrogens is 384 g/mol. The monoisotopic (exact) mass is 402 g/mol. The maximum atomic E-state index is 12.4. The maximum absolute atomic E-state index is 12.4. The van der Waals surface area contributed by atoms with Gasteiger partial charge in [0.25, 0.3) is 11.8 Å². The fraction of sp³-hybridized carbons (Fsp3) is 0.250. The fourth-order valence-electron chi connectivity index (χ4n) is 2.79. The number of carbonyl (C=O) groups is 3. The van der Waals surface area contributed by atoms with Crippen molar-refractivity contribution < 1.29 is 24.3 Å². The highest BCUT2D eigenvalue weighted by molar-refractivity contribution is 6.31. The Bertz CT molecular complexity index is 957. The van der Waals surface area contributed by atoms with Crippen molar-refractivity contribution in [2.45, 2.75) is 20.4 Å². The van der Waals surface area contributed by atoms with Crippen molar-refractivity contribution in [3.05, 3.63) is 64.2 Å². The van der Waals surface area contributed by atoms with E-state index < -0.39 is 17.3 Å². The zero-order chi connectivity index (χ0) is 20.5. The van der Waals surface area contributed by atoms with Crippen molar-refractivity contribution in [2.75, 3.05) is 11.9 Å². The largest absolute Gasteiger partial charge is 0.478 e. The maximum Gasteiger partial charge on any atom is 0.336 e. The van der Waals surface area contributed by atoms with E-state index in [-0.39, 0.29) is 23.6 Å². The summed E-state index contributed by atoms with van der Waals surface area (Å²) in [4.78, 5) is 41.4. The van der Waals surface area contributed by atoms with Gasteiger partial charge in [0.05, 0.1) is 29.7 Å². The molecule has 2 aromatic rings. The van der Waals surface area contributed by atoms with E-state index in [9.17, 15) is 19.5 Å². The number of rotatable bonds is 5. The van der Waals surface area contributed by atoms with Crippen LogP contribution in [0.1, 0.15) is 40.1 Å². The minimum atomic E-state index is -1.18. The van der Waals surface area contributed by atoms with Crippen molar-refractivity contribution in [3.63, 3.8) is 0 Å². The van der Waals surface area contributed by atoms with Crippen molar-refractivity contribution in [1.82, 2.24) is 5.06 Å². The fourth-order valence-corrected chi connectivity index (χ4v) is 3.03. The SMILES string of the molecule is CC1(C)CON(Cc2ccc(NC(=O)c3ccccc3C(=O)O)cc2Cl)C1=O. The second-order valence-corrected chi connectivity index (χ2v) is 7.52. The summed E-state index contributed by atoms with van der Waals surface area (Å²) in [5, 5.41) is 13.5. The Morgan fingerprint density at radius 2 is 1.89 bits per heavy atom. The summed E-state index contributed by atoms with van der Waals surface area (Å²) in [5.74, 6) is -1.86. The van der Waals surface area contributed by atoms with Crippen molar-refractivity contribution >= 4 is 35.1 Å². The highest BCUT2D eigenvalue weighted by Gasteiger charge is 2.40. The van der Waals surface area contributed by atoms with E-state index >= 15 is 0 Å². The summed E-state index contributed by atoms with van der Waals surface area (Å²) >= 11 is 6.30. The van der Waals surface area contributed by atoms with E-state index in [1.54, 1.807) is 30.3 Å². The number of benzene rings is 2. The van der Waals surface area contributed by atoms with Gasteiger partial charge in [-0.2, -0.15) is 0 Å². The third kappa shape index (κ3) is 4.00. The van der Waals surface area contributed by atoms with E-state index in [2.05, 4.69) is 5.32 Å².